The predicted octanol–water partition coefficient (Wildman–Crippen LogP) is 1.75. The maximum Gasteiger partial charge on any atom is 0.247 e. The summed E-state index contributed by atoms with van der Waals surface area (Å²) >= 11 is 0. The summed E-state index contributed by atoms with van der Waals surface area (Å²) in [5, 5.41) is 8.62. The van der Waals surface area contributed by atoms with Gasteiger partial charge in [0.05, 0.1) is 6.07 Å². The van der Waals surface area contributed by atoms with E-state index in [1.807, 2.05) is 0 Å². The summed E-state index contributed by atoms with van der Waals surface area (Å²) in [5.41, 5.74) is 0. The molecule has 0 aliphatic rings. The fourth-order valence-corrected chi connectivity index (χ4v) is 3.00. The molecule has 0 radical (unpaired) electrons. The quantitative estimate of drug-likeness (QED) is 0.771. The van der Waals surface area contributed by atoms with Crippen LogP contribution in [0.4, 0.5) is 4.39 Å². The number of rotatable bonds is 4. The third-order valence-corrected chi connectivity index (χ3v) is 4.28. The monoisotopic (exact) mass is 256 g/mol. The highest BCUT2D eigenvalue weighted by Crippen LogP contribution is 2.20. The molecule has 1 rings (SSSR count). The van der Waals surface area contributed by atoms with Gasteiger partial charge in [0.25, 0.3) is 0 Å². The van der Waals surface area contributed by atoms with Crippen molar-refractivity contribution in [3.8, 4) is 6.07 Å². The molecule has 0 saturated carbocycles. The van der Waals surface area contributed by atoms with E-state index < -0.39 is 26.8 Å². The van der Waals surface area contributed by atoms with Crippen molar-refractivity contribution in [2.45, 2.75) is 24.8 Å². The molecule has 17 heavy (non-hydrogen) atoms. The van der Waals surface area contributed by atoms with Gasteiger partial charge in [-0.1, -0.05) is 12.1 Å². The van der Waals surface area contributed by atoms with Gasteiger partial charge in [-0.3, -0.25) is 0 Å². The number of nitriles is 1. The number of hydrogen-bond acceptors (Lipinski definition) is 3. The molecule has 0 aliphatic carbocycles. The van der Waals surface area contributed by atoms with E-state index in [-0.39, 0.29) is 6.54 Å². The summed E-state index contributed by atoms with van der Waals surface area (Å²) in [4.78, 5) is -0.399. The van der Waals surface area contributed by atoms with Gasteiger partial charge in [0.15, 0.2) is 0 Å². The molecule has 0 aliphatic heterocycles. The van der Waals surface area contributed by atoms with Crippen molar-refractivity contribution in [3.63, 3.8) is 0 Å². The van der Waals surface area contributed by atoms with Crippen LogP contribution in [-0.4, -0.2) is 25.3 Å². The lowest BCUT2D eigenvalue weighted by Crippen LogP contribution is -2.37. The molecule has 1 aromatic rings. The molecule has 92 valence electrons. The van der Waals surface area contributed by atoms with Gasteiger partial charge < -0.3 is 0 Å². The normalized spacial score (nSPS) is 11.8. The molecule has 0 spiro atoms. The van der Waals surface area contributed by atoms with Crippen molar-refractivity contribution in [2.24, 2.45) is 0 Å². The Labute approximate surface area is 100 Å². The molecule has 0 amide bonds. The Balaban J connectivity index is 3.28. The minimum atomic E-state index is -3.96. The number of halogens is 1. The molecule has 4 nitrogen and oxygen atoms in total. The van der Waals surface area contributed by atoms with Crippen molar-refractivity contribution >= 4 is 10.0 Å². The van der Waals surface area contributed by atoms with Gasteiger partial charge >= 0.3 is 0 Å². The van der Waals surface area contributed by atoms with E-state index in [0.717, 1.165) is 10.4 Å². The fraction of sp³-hybridized carbons (Fsp3) is 0.364. The highest BCUT2D eigenvalue weighted by molar-refractivity contribution is 7.89. The second-order valence-electron chi connectivity index (χ2n) is 3.73. The van der Waals surface area contributed by atoms with Crippen molar-refractivity contribution < 1.29 is 12.8 Å². The Morgan fingerprint density at radius 1 is 1.41 bits per heavy atom. The van der Waals surface area contributed by atoms with E-state index in [4.69, 9.17) is 5.26 Å². The third-order valence-electron chi connectivity index (χ3n) is 2.23. The topological polar surface area (TPSA) is 61.2 Å². The van der Waals surface area contributed by atoms with Gasteiger partial charge in [-0.2, -0.15) is 9.57 Å². The zero-order chi connectivity index (χ0) is 13.1. The molecular formula is C11H13FN2O2S. The smallest absolute Gasteiger partial charge is 0.207 e. The minimum absolute atomic E-state index is 0.297. The molecule has 0 atom stereocenters. The molecule has 0 fully saturated rings. The Morgan fingerprint density at radius 2 is 2.00 bits per heavy atom. The number of sulfonamides is 1. The minimum Gasteiger partial charge on any atom is -0.207 e. The Morgan fingerprint density at radius 3 is 2.47 bits per heavy atom. The van der Waals surface area contributed by atoms with Gasteiger partial charge in [0.2, 0.25) is 10.0 Å². The zero-order valence-corrected chi connectivity index (χ0v) is 10.4. The Kier molecular flexibility index (Phi) is 4.21. The maximum absolute atomic E-state index is 13.5. The first-order valence-electron chi connectivity index (χ1n) is 5.04. The number of hydrogen-bond donors (Lipinski definition) is 0. The summed E-state index contributed by atoms with van der Waals surface area (Å²) in [6.07, 6.45) is 0. The van der Waals surface area contributed by atoms with Crippen LogP contribution in [0.2, 0.25) is 0 Å². The zero-order valence-electron chi connectivity index (χ0n) is 9.59. The van der Waals surface area contributed by atoms with Crippen LogP contribution in [0.3, 0.4) is 0 Å². The van der Waals surface area contributed by atoms with Crippen LogP contribution in [0.5, 0.6) is 0 Å². The van der Waals surface area contributed by atoms with Crippen LogP contribution >= 0.6 is 0 Å². The highest BCUT2D eigenvalue weighted by Gasteiger charge is 2.28. The summed E-state index contributed by atoms with van der Waals surface area (Å²) in [6.45, 7) is 2.97. The molecule has 6 heteroatoms. The summed E-state index contributed by atoms with van der Waals surface area (Å²) < 4.78 is 38.7. The second kappa shape index (κ2) is 5.25. The molecule has 0 N–H and O–H groups in total. The lowest BCUT2D eigenvalue weighted by atomic mass is 10.3. The van der Waals surface area contributed by atoms with Crippen LogP contribution in [0.25, 0.3) is 0 Å². The third kappa shape index (κ3) is 2.81. The SMILES string of the molecule is CC(C)N(CC#N)S(=O)(=O)c1ccccc1F. The first-order chi connectivity index (χ1) is 7.91. The molecule has 0 unspecified atom stereocenters. The van der Waals surface area contributed by atoms with Crippen molar-refractivity contribution in [1.82, 2.24) is 4.31 Å². The summed E-state index contributed by atoms with van der Waals surface area (Å²) in [7, 11) is -3.96. The van der Waals surface area contributed by atoms with E-state index in [2.05, 4.69) is 0 Å². The highest BCUT2D eigenvalue weighted by atomic mass is 32.2. The van der Waals surface area contributed by atoms with E-state index in [1.54, 1.807) is 19.9 Å². The maximum atomic E-state index is 13.5. The summed E-state index contributed by atoms with van der Waals surface area (Å²) in [5.74, 6) is -0.809. The van der Waals surface area contributed by atoms with E-state index in [0.29, 0.717) is 0 Å². The van der Waals surface area contributed by atoms with E-state index >= 15 is 0 Å². The van der Waals surface area contributed by atoms with Gasteiger partial charge in [0.1, 0.15) is 17.3 Å². The van der Waals surface area contributed by atoms with Crippen LogP contribution in [0, 0.1) is 17.1 Å². The van der Waals surface area contributed by atoms with Crippen LogP contribution in [0.1, 0.15) is 13.8 Å². The van der Waals surface area contributed by atoms with E-state index in [1.165, 1.54) is 18.2 Å². The molecule has 0 aromatic heterocycles. The first kappa shape index (κ1) is 13.6. The second-order valence-corrected chi connectivity index (χ2v) is 5.59. The standard InChI is InChI=1S/C11H13FN2O2S/c1-9(2)14(8-7-13)17(15,16)11-6-4-3-5-10(11)12/h3-6,9H,8H2,1-2H3. The van der Waals surface area contributed by atoms with Crippen LogP contribution < -0.4 is 0 Å². The van der Waals surface area contributed by atoms with Crippen molar-refractivity contribution in [2.75, 3.05) is 6.54 Å². The van der Waals surface area contributed by atoms with Crippen LogP contribution in [-0.2, 0) is 10.0 Å². The van der Waals surface area contributed by atoms with Crippen molar-refractivity contribution in [3.05, 3.63) is 30.1 Å². The van der Waals surface area contributed by atoms with Crippen molar-refractivity contribution in [1.29, 1.82) is 5.26 Å². The van der Waals surface area contributed by atoms with E-state index in [9.17, 15) is 12.8 Å². The predicted molar refractivity (Wildman–Crippen MR) is 61.0 cm³/mol. The largest absolute Gasteiger partial charge is 0.247 e. The molecule has 0 bridgehead atoms. The average Bonchev–Trinajstić information content (AvgIpc) is 2.25. The summed E-state index contributed by atoms with van der Waals surface area (Å²) in [6, 6.07) is 6.50. The molecule has 1 aromatic carbocycles. The van der Waals surface area contributed by atoms with Gasteiger partial charge in [-0.25, -0.2) is 12.8 Å². The lowest BCUT2D eigenvalue weighted by Gasteiger charge is -2.23. The number of nitrogens with zero attached hydrogens (tertiary/aromatic N) is 2. The van der Waals surface area contributed by atoms with Gasteiger partial charge in [-0.05, 0) is 26.0 Å². The Bertz CT molecular complexity index is 535. The fourth-order valence-electron chi connectivity index (χ4n) is 1.40. The molecular weight excluding hydrogens is 243 g/mol. The van der Waals surface area contributed by atoms with Gasteiger partial charge in [-0.15, -0.1) is 0 Å². The molecule has 0 saturated heterocycles. The number of benzene rings is 1. The van der Waals surface area contributed by atoms with Crippen LogP contribution in [0.15, 0.2) is 29.2 Å². The Hall–Kier alpha value is -1.45. The van der Waals surface area contributed by atoms with Gasteiger partial charge in [0, 0.05) is 6.04 Å². The molecule has 0 heterocycles. The average molecular weight is 256 g/mol. The first-order valence-corrected chi connectivity index (χ1v) is 6.48. The lowest BCUT2D eigenvalue weighted by molar-refractivity contribution is 0.383.